The van der Waals surface area contributed by atoms with E-state index in [0.29, 0.717) is 0 Å². The number of hydrogen-bond donors (Lipinski definition) is 0. The van der Waals surface area contributed by atoms with Crippen LogP contribution in [0.3, 0.4) is 0 Å². The predicted molar refractivity (Wildman–Crippen MR) is 87.0 cm³/mol. The summed E-state index contributed by atoms with van der Waals surface area (Å²) in [4.78, 5) is 0. The molecule has 0 aliphatic heterocycles. The lowest BCUT2D eigenvalue weighted by molar-refractivity contribution is 0.730. The van der Waals surface area contributed by atoms with Crippen LogP contribution >= 0.6 is 0 Å². The summed E-state index contributed by atoms with van der Waals surface area (Å²) in [7, 11) is 0. The summed E-state index contributed by atoms with van der Waals surface area (Å²) < 4.78 is 0. The van der Waals surface area contributed by atoms with Gasteiger partial charge < -0.3 is 0 Å². The molecule has 0 radical (unpaired) electrons. The van der Waals surface area contributed by atoms with Crippen LogP contribution < -0.4 is 0 Å². The Morgan fingerprint density at radius 1 is 0.800 bits per heavy atom. The molecule has 0 atom stereocenters. The summed E-state index contributed by atoms with van der Waals surface area (Å²) in [5, 5.41) is 0. The Balaban J connectivity index is 1.45. The number of unbranched alkanes of at least 4 members (excludes halogenated alkanes) is 1. The van der Waals surface area contributed by atoms with Gasteiger partial charge >= 0.3 is 0 Å². The Kier molecular flexibility index (Phi) is 4.01. The molecule has 2 aromatic rings. The minimum absolute atomic E-state index is 1.18. The van der Waals surface area contributed by atoms with Crippen molar-refractivity contribution in [2.24, 2.45) is 0 Å². The topological polar surface area (TPSA) is 0 Å². The molecule has 0 fully saturated rings. The van der Waals surface area contributed by atoms with Crippen LogP contribution in [0.5, 0.6) is 0 Å². The third-order valence-electron chi connectivity index (χ3n) is 4.33. The zero-order valence-electron chi connectivity index (χ0n) is 12.1. The van der Waals surface area contributed by atoms with Crippen molar-refractivity contribution >= 4 is 6.08 Å². The average molecular weight is 262 g/mol. The molecule has 1 aliphatic carbocycles. The quantitative estimate of drug-likeness (QED) is 0.643. The zero-order chi connectivity index (χ0) is 13.8. The van der Waals surface area contributed by atoms with Crippen LogP contribution in [0.2, 0.25) is 0 Å². The third kappa shape index (κ3) is 3.01. The monoisotopic (exact) mass is 262 g/mol. The first-order valence-corrected chi connectivity index (χ1v) is 7.67. The highest BCUT2D eigenvalue weighted by atomic mass is 14.2. The van der Waals surface area contributed by atoms with Crippen molar-refractivity contribution in [3.8, 4) is 0 Å². The van der Waals surface area contributed by atoms with E-state index in [4.69, 9.17) is 0 Å². The second-order valence-corrected chi connectivity index (χ2v) is 5.76. The second kappa shape index (κ2) is 6.09. The van der Waals surface area contributed by atoms with Crippen LogP contribution in [-0.2, 0) is 25.7 Å². The fourth-order valence-electron chi connectivity index (χ4n) is 2.88. The summed E-state index contributed by atoms with van der Waals surface area (Å²) in [5.41, 5.74) is 7.31. The van der Waals surface area contributed by atoms with Crippen LogP contribution in [0.15, 0.2) is 49.0 Å². The van der Waals surface area contributed by atoms with Crippen molar-refractivity contribution in [3.63, 3.8) is 0 Å². The summed E-state index contributed by atoms with van der Waals surface area (Å²) in [6, 6.07) is 15.8. The van der Waals surface area contributed by atoms with Crippen molar-refractivity contribution in [2.75, 3.05) is 0 Å². The lowest BCUT2D eigenvalue weighted by Crippen LogP contribution is -2.08. The first-order chi connectivity index (χ1) is 9.85. The molecule has 0 heterocycles. The molecule has 102 valence electrons. The van der Waals surface area contributed by atoms with Gasteiger partial charge in [-0.2, -0.15) is 0 Å². The van der Waals surface area contributed by atoms with Crippen LogP contribution in [0, 0.1) is 0 Å². The normalized spacial score (nSPS) is 12.6. The minimum Gasteiger partial charge on any atom is -0.0985 e. The SMILES string of the molecule is C=Cc1ccc(CCCCc2ccc3c(c2)CC3)cc1. The number of fused-ring (bicyclic) bond motifs is 1. The van der Waals surface area contributed by atoms with E-state index in [0.717, 1.165) is 0 Å². The number of benzene rings is 2. The van der Waals surface area contributed by atoms with E-state index in [2.05, 4.69) is 49.0 Å². The number of hydrogen-bond acceptors (Lipinski definition) is 0. The lowest BCUT2D eigenvalue weighted by atomic mass is 9.86. The van der Waals surface area contributed by atoms with Gasteiger partial charge in [-0.15, -0.1) is 0 Å². The van der Waals surface area contributed by atoms with Gasteiger partial charge in [-0.3, -0.25) is 0 Å². The first kappa shape index (κ1) is 13.2. The molecule has 0 unspecified atom stereocenters. The highest BCUT2D eigenvalue weighted by molar-refractivity contribution is 5.47. The molecule has 0 heteroatoms. The smallest absolute Gasteiger partial charge is 0.0235 e. The highest BCUT2D eigenvalue weighted by Gasteiger charge is 2.12. The van der Waals surface area contributed by atoms with E-state index in [-0.39, 0.29) is 0 Å². The van der Waals surface area contributed by atoms with Crippen LogP contribution in [-0.4, -0.2) is 0 Å². The maximum absolute atomic E-state index is 3.79. The van der Waals surface area contributed by atoms with Gasteiger partial charge in [0.2, 0.25) is 0 Å². The maximum Gasteiger partial charge on any atom is -0.0235 e. The molecule has 0 aromatic heterocycles. The number of aryl methyl sites for hydroxylation is 4. The van der Waals surface area contributed by atoms with Crippen molar-refractivity contribution in [1.29, 1.82) is 0 Å². The molecule has 0 bridgehead atoms. The number of rotatable bonds is 6. The van der Waals surface area contributed by atoms with E-state index in [1.165, 1.54) is 55.2 Å². The van der Waals surface area contributed by atoms with E-state index in [1.807, 2.05) is 6.08 Å². The Morgan fingerprint density at radius 3 is 2.05 bits per heavy atom. The first-order valence-electron chi connectivity index (χ1n) is 7.67. The summed E-state index contributed by atoms with van der Waals surface area (Å²) >= 11 is 0. The van der Waals surface area contributed by atoms with E-state index < -0.39 is 0 Å². The van der Waals surface area contributed by atoms with Gasteiger partial charge in [0.1, 0.15) is 0 Å². The Labute approximate surface area is 122 Å². The zero-order valence-corrected chi connectivity index (χ0v) is 12.1. The average Bonchev–Trinajstić information content (AvgIpc) is 2.47. The summed E-state index contributed by atoms with van der Waals surface area (Å²) in [5.74, 6) is 0. The predicted octanol–water partition coefficient (Wildman–Crippen LogP) is 4.99. The summed E-state index contributed by atoms with van der Waals surface area (Å²) in [6.45, 7) is 3.79. The molecule has 0 saturated carbocycles. The van der Waals surface area contributed by atoms with Gasteiger partial charge in [0.25, 0.3) is 0 Å². The van der Waals surface area contributed by atoms with E-state index in [1.54, 1.807) is 11.1 Å². The molecule has 3 rings (SSSR count). The molecular weight excluding hydrogens is 240 g/mol. The van der Waals surface area contributed by atoms with Crippen molar-refractivity contribution in [3.05, 3.63) is 76.9 Å². The fourth-order valence-corrected chi connectivity index (χ4v) is 2.88. The van der Waals surface area contributed by atoms with Crippen LogP contribution in [0.1, 0.15) is 40.7 Å². The van der Waals surface area contributed by atoms with E-state index >= 15 is 0 Å². The molecule has 0 saturated heterocycles. The van der Waals surface area contributed by atoms with Gasteiger partial charge in [-0.25, -0.2) is 0 Å². The Hall–Kier alpha value is -1.82. The van der Waals surface area contributed by atoms with Crippen molar-refractivity contribution in [2.45, 2.75) is 38.5 Å². The van der Waals surface area contributed by atoms with Gasteiger partial charge in [0, 0.05) is 0 Å². The second-order valence-electron chi connectivity index (χ2n) is 5.76. The molecule has 20 heavy (non-hydrogen) atoms. The van der Waals surface area contributed by atoms with Crippen molar-refractivity contribution < 1.29 is 0 Å². The Morgan fingerprint density at radius 2 is 1.45 bits per heavy atom. The van der Waals surface area contributed by atoms with Crippen LogP contribution in [0.25, 0.3) is 6.08 Å². The van der Waals surface area contributed by atoms with E-state index in [9.17, 15) is 0 Å². The van der Waals surface area contributed by atoms with Gasteiger partial charge in [0.15, 0.2) is 0 Å². The molecular formula is C20H22. The third-order valence-corrected chi connectivity index (χ3v) is 4.33. The highest BCUT2D eigenvalue weighted by Crippen LogP contribution is 2.24. The maximum atomic E-state index is 3.79. The minimum atomic E-state index is 1.18. The standard InChI is InChI=1S/C20H22/c1-2-16-7-9-17(10-8-16)5-3-4-6-18-11-12-19-13-14-20(19)15-18/h2,7-12,15H,1,3-6,13-14H2. The summed E-state index contributed by atoms with van der Waals surface area (Å²) in [6.07, 6.45) is 9.43. The molecule has 2 aromatic carbocycles. The molecule has 1 aliphatic rings. The molecule has 0 N–H and O–H groups in total. The largest absolute Gasteiger partial charge is 0.0985 e. The Bertz CT molecular complexity index is 590. The molecule has 0 spiro atoms. The lowest BCUT2D eigenvalue weighted by Gasteiger charge is -2.19. The van der Waals surface area contributed by atoms with Crippen LogP contribution in [0.4, 0.5) is 0 Å². The fraction of sp³-hybridized carbons (Fsp3) is 0.300. The van der Waals surface area contributed by atoms with Gasteiger partial charge in [-0.05, 0) is 66.3 Å². The van der Waals surface area contributed by atoms with Crippen molar-refractivity contribution in [1.82, 2.24) is 0 Å². The van der Waals surface area contributed by atoms with Gasteiger partial charge in [0.05, 0.1) is 0 Å². The molecule has 0 nitrogen and oxygen atoms in total. The van der Waals surface area contributed by atoms with Gasteiger partial charge in [-0.1, -0.05) is 55.1 Å². The molecule has 0 amide bonds.